The Morgan fingerprint density at radius 1 is 1.45 bits per heavy atom. The van der Waals surface area contributed by atoms with E-state index in [9.17, 15) is 0 Å². The van der Waals surface area contributed by atoms with Crippen LogP contribution in [-0.2, 0) is 6.42 Å². The average Bonchev–Trinajstić information content (AvgIpc) is 3.22. The largest absolute Gasteiger partial charge is 0.495 e. The van der Waals surface area contributed by atoms with E-state index in [1.807, 2.05) is 18.2 Å². The predicted molar refractivity (Wildman–Crippen MR) is 81.3 cm³/mol. The lowest BCUT2D eigenvalue weighted by Gasteiger charge is -2.07. The molecule has 1 aliphatic carbocycles. The number of aromatic nitrogens is 2. The number of nitrogen functional groups attached to an aromatic ring is 1. The van der Waals surface area contributed by atoms with Gasteiger partial charge in [0.15, 0.2) is 0 Å². The van der Waals surface area contributed by atoms with Gasteiger partial charge in [-0.25, -0.2) is 4.98 Å². The first-order chi connectivity index (χ1) is 9.65. The number of anilines is 1. The molecule has 1 aromatic carbocycles. The van der Waals surface area contributed by atoms with Crippen molar-refractivity contribution in [3.63, 3.8) is 0 Å². The van der Waals surface area contributed by atoms with E-state index < -0.39 is 0 Å². The molecule has 0 unspecified atom stereocenters. The Bertz CT molecular complexity index is 647. The molecule has 0 aliphatic heterocycles. The summed E-state index contributed by atoms with van der Waals surface area (Å²) >= 11 is 6.19. The molecule has 1 fully saturated rings. The molecule has 4 nitrogen and oxygen atoms in total. The Hall–Kier alpha value is -1.68. The number of benzene rings is 1. The molecule has 1 saturated carbocycles. The maximum Gasteiger partial charge on any atom is 0.137 e. The zero-order valence-corrected chi connectivity index (χ0v) is 12.4. The molecular formula is C15H18ClN3O. The van der Waals surface area contributed by atoms with Gasteiger partial charge in [0.1, 0.15) is 23.1 Å². The van der Waals surface area contributed by atoms with Crippen LogP contribution in [0.25, 0.3) is 11.3 Å². The molecule has 2 N–H and O–H groups in total. The summed E-state index contributed by atoms with van der Waals surface area (Å²) in [5.41, 5.74) is 8.05. The summed E-state index contributed by atoms with van der Waals surface area (Å²) in [7, 11) is 1.60. The fourth-order valence-electron chi connectivity index (χ4n) is 2.51. The summed E-state index contributed by atoms with van der Waals surface area (Å²) in [6, 6.07) is 6.18. The smallest absolute Gasteiger partial charge is 0.137 e. The third-order valence-electron chi connectivity index (χ3n) is 3.67. The monoisotopic (exact) mass is 291 g/mol. The van der Waals surface area contributed by atoms with Crippen molar-refractivity contribution in [2.75, 3.05) is 12.8 Å². The number of hydrogen-bond acceptors (Lipinski definition) is 3. The van der Waals surface area contributed by atoms with Gasteiger partial charge in [-0.2, -0.15) is 0 Å². The van der Waals surface area contributed by atoms with Crippen LogP contribution in [0.5, 0.6) is 5.75 Å². The Kier molecular flexibility index (Phi) is 3.34. The maximum atomic E-state index is 6.30. The van der Waals surface area contributed by atoms with Gasteiger partial charge in [-0.1, -0.05) is 18.5 Å². The molecule has 106 valence electrons. The van der Waals surface area contributed by atoms with Crippen LogP contribution in [0.15, 0.2) is 18.2 Å². The van der Waals surface area contributed by atoms with Gasteiger partial charge in [0.25, 0.3) is 0 Å². The zero-order chi connectivity index (χ0) is 14.3. The standard InChI is InChI=1S/C15H18ClN3O/c1-3-13-18-14(15(17)19(13)10-5-6-10)9-4-7-12(20-2)11(16)8-9/h4,7-8,10H,3,5-6,17H2,1-2H3. The molecule has 0 amide bonds. The van der Waals surface area contributed by atoms with Crippen LogP contribution in [0.1, 0.15) is 31.6 Å². The average molecular weight is 292 g/mol. The van der Waals surface area contributed by atoms with Crippen LogP contribution >= 0.6 is 11.6 Å². The first-order valence-electron chi connectivity index (χ1n) is 6.86. The molecule has 1 aliphatic rings. The number of nitrogens with two attached hydrogens (primary N) is 1. The van der Waals surface area contributed by atoms with Crippen LogP contribution in [0.3, 0.4) is 0 Å². The van der Waals surface area contributed by atoms with E-state index in [1.54, 1.807) is 7.11 Å². The molecule has 1 heterocycles. The van der Waals surface area contributed by atoms with E-state index >= 15 is 0 Å². The van der Waals surface area contributed by atoms with Crippen LogP contribution in [0, 0.1) is 0 Å². The summed E-state index contributed by atoms with van der Waals surface area (Å²) in [4.78, 5) is 4.69. The second-order valence-electron chi connectivity index (χ2n) is 5.07. The minimum atomic E-state index is 0.528. The topological polar surface area (TPSA) is 53.1 Å². The van der Waals surface area contributed by atoms with E-state index in [4.69, 9.17) is 27.1 Å². The summed E-state index contributed by atoms with van der Waals surface area (Å²) in [6.07, 6.45) is 3.26. The first-order valence-corrected chi connectivity index (χ1v) is 7.24. The molecule has 1 aromatic heterocycles. The van der Waals surface area contributed by atoms with Crippen LogP contribution in [0.4, 0.5) is 5.82 Å². The minimum absolute atomic E-state index is 0.528. The predicted octanol–water partition coefficient (Wildman–Crippen LogP) is 3.69. The summed E-state index contributed by atoms with van der Waals surface area (Å²) in [5.74, 6) is 2.45. The van der Waals surface area contributed by atoms with Crippen molar-refractivity contribution >= 4 is 17.4 Å². The number of nitrogens with zero attached hydrogens (tertiary/aromatic N) is 2. The summed E-state index contributed by atoms with van der Waals surface area (Å²) in [6.45, 7) is 2.10. The Balaban J connectivity index is 2.08. The van der Waals surface area contributed by atoms with Crippen molar-refractivity contribution in [3.05, 3.63) is 29.0 Å². The van der Waals surface area contributed by atoms with Crippen LogP contribution in [0.2, 0.25) is 5.02 Å². The molecule has 0 atom stereocenters. The normalized spacial score (nSPS) is 14.6. The second kappa shape index (κ2) is 5.02. The number of methoxy groups -OCH3 is 1. The van der Waals surface area contributed by atoms with Gasteiger partial charge >= 0.3 is 0 Å². The minimum Gasteiger partial charge on any atom is -0.495 e. The van der Waals surface area contributed by atoms with Crippen molar-refractivity contribution in [2.24, 2.45) is 0 Å². The SMILES string of the molecule is CCc1nc(-c2ccc(OC)c(Cl)c2)c(N)n1C1CC1. The highest BCUT2D eigenvalue weighted by Gasteiger charge is 2.29. The van der Waals surface area contributed by atoms with Gasteiger partial charge in [0.2, 0.25) is 0 Å². The fraction of sp³-hybridized carbons (Fsp3) is 0.400. The van der Waals surface area contributed by atoms with E-state index in [0.29, 0.717) is 16.8 Å². The lowest BCUT2D eigenvalue weighted by molar-refractivity contribution is 0.415. The lowest BCUT2D eigenvalue weighted by Crippen LogP contribution is -2.04. The lowest BCUT2D eigenvalue weighted by atomic mass is 10.1. The Morgan fingerprint density at radius 3 is 2.75 bits per heavy atom. The molecule has 0 radical (unpaired) electrons. The quantitative estimate of drug-likeness (QED) is 0.934. The molecule has 0 saturated heterocycles. The highest BCUT2D eigenvalue weighted by Crippen LogP contribution is 2.41. The first kappa shape index (κ1) is 13.3. The van der Waals surface area contributed by atoms with Crippen molar-refractivity contribution in [3.8, 4) is 17.0 Å². The molecule has 0 bridgehead atoms. The highest BCUT2D eigenvalue weighted by molar-refractivity contribution is 6.32. The number of rotatable bonds is 4. The number of aryl methyl sites for hydroxylation is 1. The highest BCUT2D eigenvalue weighted by atomic mass is 35.5. The van der Waals surface area contributed by atoms with Crippen molar-refractivity contribution in [2.45, 2.75) is 32.2 Å². The molecule has 5 heteroatoms. The van der Waals surface area contributed by atoms with E-state index in [1.165, 1.54) is 12.8 Å². The van der Waals surface area contributed by atoms with E-state index in [2.05, 4.69) is 11.5 Å². The third kappa shape index (κ3) is 2.14. The van der Waals surface area contributed by atoms with E-state index in [-0.39, 0.29) is 0 Å². The number of ether oxygens (including phenoxy) is 1. The summed E-state index contributed by atoms with van der Waals surface area (Å²) < 4.78 is 7.35. The fourth-order valence-corrected chi connectivity index (χ4v) is 2.77. The van der Waals surface area contributed by atoms with Crippen LogP contribution in [-0.4, -0.2) is 16.7 Å². The van der Waals surface area contributed by atoms with Crippen molar-refractivity contribution in [1.29, 1.82) is 0 Å². The number of hydrogen-bond donors (Lipinski definition) is 1. The molecule has 0 spiro atoms. The third-order valence-corrected chi connectivity index (χ3v) is 3.97. The van der Waals surface area contributed by atoms with E-state index in [0.717, 1.165) is 29.3 Å². The van der Waals surface area contributed by atoms with Gasteiger partial charge in [0.05, 0.1) is 12.1 Å². The molecular weight excluding hydrogens is 274 g/mol. The van der Waals surface area contributed by atoms with Gasteiger partial charge in [0, 0.05) is 18.0 Å². The Labute approximate surface area is 123 Å². The zero-order valence-electron chi connectivity index (χ0n) is 11.7. The van der Waals surface area contributed by atoms with Crippen LogP contribution < -0.4 is 10.5 Å². The van der Waals surface area contributed by atoms with Gasteiger partial charge in [-0.3, -0.25) is 0 Å². The number of halogens is 1. The van der Waals surface area contributed by atoms with Gasteiger partial charge in [-0.05, 0) is 31.0 Å². The molecule has 3 rings (SSSR count). The van der Waals surface area contributed by atoms with Crippen molar-refractivity contribution in [1.82, 2.24) is 9.55 Å². The van der Waals surface area contributed by atoms with Gasteiger partial charge in [-0.15, -0.1) is 0 Å². The number of imidazole rings is 1. The summed E-state index contributed by atoms with van der Waals surface area (Å²) in [5, 5.41) is 0.573. The van der Waals surface area contributed by atoms with Gasteiger partial charge < -0.3 is 15.0 Å². The molecule has 20 heavy (non-hydrogen) atoms. The Morgan fingerprint density at radius 2 is 2.20 bits per heavy atom. The van der Waals surface area contributed by atoms with Crippen molar-refractivity contribution < 1.29 is 4.74 Å². The second-order valence-corrected chi connectivity index (χ2v) is 5.47. The maximum absolute atomic E-state index is 6.30. The molecule has 2 aromatic rings.